The number of benzene rings is 1. The van der Waals surface area contributed by atoms with Crippen LogP contribution in [-0.4, -0.2) is 13.2 Å². The van der Waals surface area contributed by atoms with Crippen LogP contribution >= 0.6 is 0 Å². The Morgan fingerprint density at radius 3 is 2.36 bits per heavy atom. The number of hydrogen-bond acceptors (Lipinski definition) is 1. The summed E-state index contributed by atoms with van der Waals surface area (Å²) >= 11 is 0. The molecule has 0 aliphatic rings. The molecule has 1 aromatic carbocycles. The summed E-state index contributed by atoms with van der Waals surface area (Å²) in [6.07, 6.45) is 4.60. The van der Waals surface area contributed by atoms with Crippen LogP contribution in [0.4, 0.5) is 0 Å². The van der Waals surface area contributed by atoms with E-state index in [-0.39, 0.29) is 6.10 Å². The normalized spacial score (nSPS) is 15.6. The molecule has 0 fully saturated rings. The van der Waals surface area contributed by atoms with E-state index in [1.165, 1.54) is 5.56 Å². The minimum absolute atomic E-state index is 0.273. The van der Waals surface area contributed by atoms with Crippen molar-refractivity contribution in [2.45, 2.75) is 20.0 Å². The Labute approximate surface area is 86.4 Å². The molecule has 0 aliphatic heterocycles. The fourth-order valence-electron chi connectivity index (χ4n) is 1.20. The van der Waals surface area contributed by atoms with Gasteiger partial charge in [-0.2, -0.15) is 0 Å². The molecule has 0 bridgehead atoms. The molecule has 0 radical (unpaired) electrons. The molecule has 1 heteroatoms. The third-order valence-electron chi connectivity index (χ3n) is 2.50. The summed E-state index contributed by atoms with van der Waals surface area (Å²) in [6, 6.07) is 10.3. The number of ether oxygens (including phenoxy) is 1. The molecule has 0 saturated heterocycles. The fourth-order valence-corrected chi connectivity index (χ4v) is 1.20. The molecule has 0 N–H and O–H groups in total. The van der Waals surface area contributed by atoms with Gasteiger partial charge >= 0.3 is 0 Å². The van der Waals surface area contributed by atoms with Gasteiger partial charge in [-0.25, -0.2) is 0 Å². The molecule has 1 rings (SSSR count). The van der Waals surface area contributed by atoms with Gasteiger partial charge in [0, 0.05) is 13.0 Å². The number of rotatable bonds is 4. The Kier molecular flexibility index (Phi) is 4.41. The monoisotopic (exact) mass is 190 g/mol. The van der Waals surface area contributed by atoms with Crippen molar-refractivity contribution in [2.24, 2.45) is 5.92 Å². The van der Waals surface area contributed by atoms with Crippen molar-refractivity contribution in [3.8, 4) is 0 Å². The zero-order valence-electron chi connectivity index (χ0n) is 9.10. The van der Waals surface area contributed by atoms with E-state index in [2.05, 4.69) is 38.1 Å². The third kappa shape index (κ3) is 3.35. The Morgan fingerprint density at radius 1 is 1.14 bits per heavy atom. The molecule has 0 aliphatic carbocycles. The van der Waals surface area contributed by atoms with Crippen LogP contribution in [0.3, 0.4) is 0 Å². The maximum Gasteiger partial charge on any atom is 0.0603 e. The SMILES string of the molecule is CO[C@@H](C)[C@@H](C)/C=C\c1ccccc1. The van der Waals surface area contributed by atoms with E-state index in [9.17, 15) is 0 Å². The second kappa shape index (κ2) is 5.61. The highest BCUT2D eigenvalue weighted by Crippen LogP contribution is 2.10. The second-order valence-electron chi connectivity index (χ2n) is 3.57. The average molecular weight is 190 g/mol. The Hall–Kier alpha value is -1.08. The Bertz CT molecular complexity index is 277. The summed E-state index contributed by atoms with van der Waals surface area (Å²) in [5, 5.41) is 0. The van der Waals surface area contributed by atoms with Crippen LogP contribution in [0.1, 0.15) is 19.4 Å². The molecule has 1 nitrogen and oxygen atoms in total. The first kappa shape index (κ1) is 11.0. The van der Waals surface area contributed by atoms with Crippen LogP contribution in [0.2, 0.25) is 0 Å². The molecular weight excluding hydrogens is 172 g/mol. The van der Waals surface area contributed by atoms with E-state index in [0.29, 0.717) is 5.92 Å². The molecule has 0 aromatic heterocycles. The van der Waals surface area contributed by atoms with Crippen molar-refractivity contribution in [3.63, 3.8) is 0 Å². The molecule has 0 spiro atoms. The molecule has 14 heavy (non-hydrogen) atoms. The summed E-state index contributed by atoms with van der Waals surface area (Å²) in [7, 11) is 1.75. The van der Waals surface area contributed by atoms with Crippen molar-refractivity contribution < 1.29 is 4.74 Å². The lowest BCUT2D eigenvalue weighted by atomic mass is 10.0. The highest BCUT2D eigenvalue weighted by atomic mass is 16.5. The van der Waals surface area contributed by atoms with Crippen molar-refractivity contribution in [2.75, 3.05) is 7.11 Å². The Balaban J connectivity index is 2.56. The van der Waals surface area contributed by atoms with Gasteiger partial charge in [0.1, 0.15) is 0 Å². The largest absolute Gasteiger partial charge is 0.381 e. The summed E-state index contributed by atoms with van der Waals surface area (Å²) in [6.45, 7) is 4.24. The molecule has 0 unspecified atom stereocenters. The topological polar surface area (TPSA) is 9.23 Å². The van der Waals surface area contributed by atoms with Gasteiger partial charge in [0.2, 0.25) is 0 Å². The smallest absolute Gasteiger partial charge is 0.0603 e. The maximum absolute atomic E-state index is 5.25. The lowest BCUT2D eigenvalue weighted by molar-refractivity contribution is 0.0901. The minimum atomic E-state index is 0.273. The van der Waals surface area contributed by atoms with Crippen LogP contribution in [0.25, 0.3) is 6.08 Å². The van der Waals surface area contributed by atoms with Gasteiger partial charge in [-0.1, -0.05) is 49.4 Å². The van der Waals surface area contributed by atoms with Crippen LogP contribution in [-0.2, 0) is 4.74 Å². The van der Waals surface area contributed by atoms with Gasteiger partial charge in [0.05, 0.1) is 6.10 Å². The lowest BCUT2D eigenvalue weighted by Crippen LogP contribution is -2.13. The van der Waals surface area contributed by atoms with E-state index in [0.717, 1.165) is 0 Å². The van der Waals surface area contributed by atoms with E-state index in [1.54, 1.807) is 7.11 Å². The predicted octanol–water partition coefficient (Wildman–Crippen LogP) is 3.37. The van der Waals surface area contributed by atoms with Crippen molar-refractivity contribution in [1.82, 2.24) is 0 Å². The maximum atomic E-state index is 5.25. The van der Waals surface area contributed by atoms with Gasteiger partial charge < -0.3 is 4.74 Å². The lowest BCUT2D eigenvalue weighted by Gasteiger charge is -2.13. The standard InChI is InChI=1S/C13H18O/c1-11(12(2)14-3)9-10-13-7-5-4-6-8-13/h4-12H,1-3H3/b10-9-/t11-,12-/m0/s1. The molecule has 2 atom stereocenters. The van der Waals surface area contributed by atoms with Crippen LogP contribution in [0, 0.1) is 5.92 Å². The van der Waals surface area contributed by atoms with Crippen molar-refractivity contribution >= 4 is 6.08 Å². The Morgan fingerprint density at radius 2 is 1.79 bits per heavy atom. The van der Waals surface area contributed by atoms with E-state index >= 15 is 0 Å². The highest BCUT2D eigenvalue weighted by molar-refractivity contribution is 5.48. The average Bonchev–Trinajstić information content (AvgIpc) is 2.26. The van der Waals surface area contributed by atoms with Crippen LogP contribution in [0.15, 0.2) is 36.4 Å². The third-order valence-corrected chi connectivity index (χ3v) is 2.50. The second-order valence-corrected chi connectivity index (χ2v) is 3.57. The van der Waals surface area contributed by atoms with Gasteiger partial charge in [0.25, 0.3) is 0 Å². The van der Waals surface area contributed by atoms with Gasteiger partial charge in [-0.05, 0) is 12.5 Å². The zero-order valence-corrected chi connectivity index (χ0v) is 9.10. The molecule has 76 valence electrons. The van der Waals surface area contributed by atoms with E-state index in [4.69, 9.17) is 4.74 Å². The number of hydrogen-bond donors (Lipinski definition) is 0. The van der Waals surface area contributed by atoms with Crippen molar-refractivity contribution in [1.29, 1.82) is 0 Å². The molecule has 0 saturated carbocycles. The molecule has 1 aromatic rings. The first-order valence-electron chi connectivity index (χ1n) is 5.00. The van der Waals surface area contributed by atoms with Crippen LogP contribution in [0.5, 0.6) is 0 Å². The first-order chi connectivity index (χ1) is 6.74. The first-order valence-corrected chi connectivity index (χ1v) is 5.00. The quantitative estimate of drug-likeness (QED) is 0.707. The predicted molar refractivity (Wildman–Crippen MR) is 61.1 cm³/mol. The van der Waals surface area contributed by atoms with Gasteiger partial charge in [-0.3, -0.25) is 0 Å². The zero-order chi connectivity index (χ0) is 10.4. The van der Waals surface area contributed by atoms with Crippen molar-refractivity contribution in [3.05, 3.63) is 42.0 Å². The summed E-state index contributed by atoms with van der Waals surface area (Å²) < 4.78 is 5.25. The highest BCUT2D eigenvalue weighted by Gasteiger charge is 2.06. The van der Waals surface area contributed by atoms with Gasteiger partial charge in [-0.15, -0.1) is 0 Å². The number of methoxy groups -OCH3 is 1. The summed E-state index contributed by atoms with van der Waals surface area (Å²) in [5.41, 5.74) is 1.24. The molecule has 0 heterocycles. The van der Waals surface area contributed by atoms with E-state index < -0.39 is 0 Å². The minimum Gasteiger partial charge on any atom is -0.381 e. The summed E-state index contributed by atoms with van der Waals surface area (Å²) in [5.74, 6) is 0.445. The van der Waals surface area contributed by atoms with E-state index in [1.807, 2.05) is 18.2 Å². The summed E-state index contributed by atoms with van der Waals surface area (Å²) in [4.78, 5) is 0. The van der Waals surface area contributed by atoms with Crippen LogP contribution < -0.4 is 0 Å². The molecular formula is C13H18O. The van der Waals surface area contributed by atoms with Gasteiger partial charge in [0.15, 0.2) is 0 Å². The fraction of sp³-hybridized carbons (Fsp3) is 0.385. The molecule has 0 amide bonds.